The molecule has 0 aromatic rings. The Morgan fingerprint density at radius 3 is 2.38 bits per heavy atom. The van der Waals surface area contributed by atoms with Crippen molar-refractivity contribution in [2.45, 2.75) is 18.3 Å². The van der Waals surface area contributed by atoms with E-state index in [9.17, 15) is 15.0 Å². The van der Waals surface area contributed by atoms with Gasteiger partial charge in [0.15, 0.2) is 0 Å². The van der Waals surface area contributed by atoms with E-state index in [0.29, 0.717) is 0 Å². The molecule has 0 fully saturated rings. The zero-order chi connectivity index (χ0) is 10.0. The van der Waals surface area contributed by atoms with Crippen LogP contribution in [0.25, 0.3) is 0 Å². The molecule has 0 bridgehead atoms. The number of methoxy groups -OCH3 is 1. The minimum atomic E-state index is -1.34. The Bertz CT molecular complexity index is 225. The summed E-state index contributed by atoms with van der Waals surface area (Å²) >= 11 is 0. The summed E-state index contributed by atoms with van der Waals surface area (Å²) in [5, 5.41) is 27.6. The highest BCUT2D eigenvalue weighted by Crippen LogP contribution is 2.20. The van der Waals surface area contributed by atoms with Crippen molar-refractivity contribution in [1.82, 2.24) is 0 Å². The van der Waals surface area contributed by atoms with Crippen LogP contribution in [0.15, 0.2) is 12.2 Å². The fourth-order valence-electron chi connectivity index (χ4n) is 1.23. The van der Waals surface area contributed by atoms with Crippen LogP contribution in [0.1, 0.15) is 0 Å². The number of carbonyl (C=O) groups excluding carboxylic acids is 1. The number of aliphatic hydroxyl groups is 3. The molecule has 0 aromatic heterocycles. The first-order valence-electron chi connectivity index (χ1n) is 3.88. The predicted octanol–water partition coefficient (Wildman–Crippen LogP) is -1.57. The maximum absolute atomic E-state index is 11.0. The van der Waals surface area contributed by atoms with Crippen molar-refractivity contribution in [3.05, 3.63) is 12.2 Å². The molecule has 4 atom stereocenters. The lowest BCUT2D eigenvalue weighted by Gasteiger charge is -2.28. The molecule has 3 N–H and O–H groups in total. The van der Waals surface area contributed by atoms with Gasteiger partial charge in [0, 0.05) is 0 Å². The lowest BCUT2D eigenvalue weighted by molar-refractivity contribution is -0.152. The van der Waals surface area contributed by atoms with Crippen LogP contribution in [-0.4, -0.2) is 46.7 Å². The maximum atomic E-state index is 11.0. The Kier molecular flexibility index (Phi) is 3.02. The molecule has 0 heterocycles. The number of esters is 1. The molecule has 0 saturated heterocycles. The quantitative estimate of drug-likeness (QED) is 0.342. The van der Waals surface area contributed by atoms with Crippen LogP contribution in [-0.2, 0) is 9.53 Å². The minimum Gasteiger partial charge on any atom is -0.468 e. The minimum absolute atomic E-state index is 0.630. The first-order valence-corrected chi connectivity index (χ1v) is 3.88. The smallest absolute Gasteiger partial charge is 0.315 e. The average Bonchev–Trinajstić information content (AvgIpc) is 2.13. The van der Waals surface area contributed by atoms with Gasteiger partial charge in [-0.15, -0.1) is 0 Å². The van der Waals surface area contributed by atoms with Crippen molar-refractivity contribution in [2.75, 3.05) is 7.11 Å². The van der Waals surface area contributed by atoms with Crippen LogP contribution in [0.5, 0.6) is 0 Å². The molecule has 5 nitrogen and oxygen atoms in total. The zero-order valence-corrected chi connectivity index (χ0v) is 7.12. The Morgan fingerprint density at radius 1 is 1.23 bits per heavy atom. The highest BCUT2D eigenvalue weighted by atomic mass is 16.5. The van der Waals surface area contributed by atoms with E-state index in [0.717, 1.165) is 0 Å². The van der Waals surface area contributed by atoms with Crippen LogP contribution in [0.3, 0.4) is 0 Å². The SMILES string of the molecule is COC(=O)[C@H]1C=C[C@@H](O)[C@H](O)[C@@H]1O. The van der Waals surface area contributed by atoms with Crippen molar-refractivity contribution in [2.24, 2.45) is 5.92 Å². The van der Waals surface area contributed by atoms with Gasteiger partial charge in [0.05, 0.1) is 13.2 Å². The molecular formula is C8H12O5. The molecule has 0 aliphatic heterocycles. The van der Waals surface area contributed by atoms with Gasteiger partial charge in [-0.1, -0.05) is 12.2 Å². The Balaban J connectivity index is 2.78. The molecule has 0 saturated carbocycles. The third kappa shape index (κ3) is 1.88. The van der Waals surface area contributed by atoms with Crippen LogP contribution in [0.4, 0.5) is 0 Å². The van der Waals surface area contributed by atoms with Crippen LogP contribution >= 0.6 is 0 Å². The van der Waals surface area contributed by atoms with E-state index >= 15 is 0 Å². The van der Waals surface area contributed by atoms with Crippen LogP contribution < -0.4 is 0 Å². The number of carbonyl (C=O) groups is 1. The molecule has 1 aliphatic carbocycles. The lowest BCUT2D eigenvalue weighted by Crippen LogP contribution is -2.46. The van der Waals surface area contributed by atoms with E-state index in [2.05, 4.69) is 4.74 Å². The largest absolute Gasteiger partial charge is 0.468 e. The monoisotopic (exact) mass is 188 g/mol. The fraction of sp³-hybridized carbons (Fsp3) is 0.625. The third-order valence-corrected chi connectivity index (χ3v) is 2.06. The Labute approximate surface area is 75.3 Å². The van der Waals surface area contributed by atoms with Crippen molar-refractivity contribution in [3.8, 4) is 0 Å². The second-order valence-electron chi connectivity index (χ2n) is 2.91. The zero-order valence-electron chi connectivity index (χ0n) is 7.12. The molecule has 13 heavy (non-hydrogen) atoms. The number of rotatable bonds is 1. The molecule has 1 rings (SSSR count). The maximum Gasteiger partial charge on any atom is 0.315 e. The molecule has 74 valence electrons. The van der Waals surface area contributed by atoms with Gasteiger partial charge in [-0.05, 0) is 0 Å². The first-order chi connectivity index (χ1) is 6.07. The van der Waals surface area contributed by atoms with E-state index < -0.39 is 30.2 Å². The highest BCUT2D eigenvalue weighted by Gasteiger charge is 2.37. The van der Waals surface area contributed by atoms with Gasteiger partial charge in [-0.2, -0.15) is 0 Å². The molecule has 5 heteroatoms. The number of hydrogen-bond acceptors (Lipinski definition) is 5. The molecular weight excluding hydrogens is 176 g/mol. The van der Waals surface area contributed by atoms with Gasteiger partial charge in [0.2, 0.25) is 0 Å². The summed E-state index contributed by atoms with van der Waals surface area (Å²) in [5.74, 6) is -1.53. The van der Waals surface area contributed by atoms with E-state index in [1.54, 1.807) is 0 Å². The summed E-state index contributed by atoms with van der Waals surface area (Å²) in [4.78, 5) is 11.0. The van der Waals surface area contributed by atoms with Crippen molar-refractivity contribution in [3.63, 3.8) is 0 Å². The third-order valence-electron chi connectivity index (χ3n) is 2.06. The van der Waals surface area contributed by atoms with Crippen LogP contribution in [0, 0.1) is 5.92 Å². The number of ether oxygens (including phenoxy) is 1. The Morgan fingerprint density at radius 2 is 1.85 bits per heavy atom. The highest BCUT2D eigenvalue weighted by molar-refractivity contribution is 5.75. The average molecular weight is 188 g/mol. The van der Waals surface area contributed by atoms with E-state index in [1.807, 2.05) is 0 Å². The number of aliphatic hydroxyl groups excluding tert-OH is 3. The molecule has 1 aliphatic rings. The van der Waals surface area contributed by atoms with Gasteiger partial charge in [0.1, 0.15) is 18.1 Å². The molecule has 0 aromatic carbocycles. The number of hydrogen-bond donors (Lipinski definition) is 3. The van der Waals surface area contributed by atoms with Gasteiger partial charge >= 0.3 is 5.97 Å². The summed E-state index contributed by atoms with van der Waals surface area (Å²) < 4.78 is 4.40. The predicted molar refractivity (Wildman–Crippen MR) is 42.7 cm³/mol. The van der Waals surface area contributed by atoms with Crippen molar-refractivity contribution < 1.29 is 24.9 Å². The summed E-state index contributed by atoms with van der Waals surface area (Å²) in [6.45, 7) is 0. The van der Waals surface area contributed by atoms with E-state index in [-0.39, 0.29) is 0 Å². The first kappa shape index (κ1) is 10.2. The fourth-order valence-corrected chi connectivity index (χ4v) is 1.23. The van der Waals surface area contributed by atoms with E-state index in [1.165, 1.54) is 19.3 Å². The second kappa shape index (κ2) is 3.87. The molecule has 0 amide bonds. The summed E-state index contributed by atoms with van der Waals surface area (Å²) in [7, 11) is 1.19. The summed E-state index contributed by atoms with van der Waals surface area (Å²) in [5.41, 5.74) is 0. The second-order valence-corrected chi connectivity index (χ2v) is 2.91. The Hall–Kier alpha value is -0.910. The summed E-state index contributed by atoms with van der Waals surface area (Å²) in [6, 6.07) is 0. The van der Waals surface area contributed by atoms with Gasteiger partial charge < -0.3 is 20.1 Å². The summed E-state index contributed by atoms with van der Waals surface area (Å²) in [6.07, 6.45) is -1.19. The van der Waals surface area contributed by atoms with Gasteiger partial charge in [-0.25, -0.2) is 0 Å². The molecule has 0 spiro atoms. The normalized spacial score (nSPS) is 38.8. The van der Waals surface area contributed by atoms with E-state index in [4.69, 9.17) is 5.11 Å². The molecule has 0 unspecified atom stereocenters. The van der Waals surface area contributed by atoms with Gasteiger partial charge in [-0.3, -0.25) is 4.79 Å². The van der Waals surface area contributed by atoms with Crippen LogP contribution in [0.2, 0.25) is 0 Å². The lowest BCUT2D eigenvalue weighted by atomic mass is 9.89. The van der Waals surface area contributed by atoms with Crippen molar-refractivity contribution >= 4 is 5.97 Å². The van der Waals surface area contributed by atoms with Crippen molar-refractivity contribution in [1.29, 1.82) is 0 Å². The molecule has 0 radical (unpaired) electrons. The topological polar surface area (TPSA) is 87.0 Å². The standard InChI is InChI=1S/C8H12O5/c1-13-8(12)4-2-3-5(9)7(11)6(4)10/h2-7,9-11H,1H3/t4-,5+,6+,7-/m0/s1. The van der Waals surface area contributed by atoms with Gasteiger partial charge in [0.25, 0.3) is 0 Å².